The second-order valence-corrected chi connectivity index (χ2v) is 12.9. The third-order valence-corrected chi connectivity index (χ3v) is 8.22. The molecule has 4 aromatic carbocycles. The molecule has 0 aliphatic heterocycles. The lowest BCUT2D eigenvalue weighted by atomic mass is 9.83. The van der Waals surface area contributed by atoms with Gasteiger partial charge in [-0.2, -0.15) is 0 Å². The molecule has 0 bridgehead atoms. The second kappa shape index (κ2) is 14.3. The monoisotopic (exact) mass is 641 g/mol. The number of benzene rings is 4. The maximum atomic E-state index is 12.5. The average molecular weight is 642 g/mol. The van der Waals surface area contributed by atoms with Crippen molar-refractivity contribution < 1.29 is 22.3 Å². The van der Waals surface area contributed by atoms with Gasteiger partial charge in [0.2, 0.25) is 0 Å². The Morgan fingerprint density at radius 2 is 1.62 bits per heavy atom. The van der Waals surface area contributed by atoms with Gasteiger partial charge in [-0.15, -0.1) is 0 Å². The lowest BCUT2D eigenvalue weighted by Gasteiger charge is -2.21. The Morgan fingerprint density at radius 3 is 2.29 bits per heavy atom. The zero-order valence-corrected chi connectivity index (χ0v) is 26.9. The third-order valence-electron chi connectivity index (χ3n) is 7.61. The largest absolute Gasteiger partial charge is 0.750 e. The number of hydrogen-bond donors (Lipinski definition) is 1. The number of nitrogens with one attached hydrogen (secondary N) is 1. The Kier molecular flexibility index (Phi) is 10.3. The number of hydrogen-bond acceptors (Lipinski definition) is 6. The van der Waals surface area contributed by atoms with E-state index in [2.05, 4.69) is 71.8 Å². The van der Waals surface area contributed by atoms with Gasteiger partial charge in [-0.05, 0) is 70.0 Å². The van der Waals surface area contributed by atoms with Crippen molar-refractivity contribution in [2.45, 2.75) is 38.5 Å². The minimum absolute atomic E-state index is 0.0266. The van der Waals surface area contributed by atoms with Gasteiger partial charge >= 0.3 is 0 Å². The van der Waals surface area contributed by atoms with E-state index in [1.807, 2.05) is 54.6 Å². The summed E-state index contributed by atoms with van der Waals surface area (Å²) in [5, 5.41) is 7.88. The molecule has 1 heterocycles. The van der Waals surface area contributed by atoms with Crippen LogP contribution in [0.15, 0.2) is 108 Å². The lowest BCUT2D eigenvalue weighted by molar-refractivity contribution is 0.0946. The fourth-order valence-electron chi connectivity index (χ4n) is 5.10. The minimum Gasteiger partial charge on any atom is -0.750 e. The van der Waals surface area contributed by atoms with Gasteiger partial charge in [-0.25, -0.2) is 4.21 Å². The summed E-state index contributed by atoms with van der Waals surface area (Å²) in [6.07, 6.45) is 0.636. The third kappa shape index (κ3) is 8.55. The summed E-state index contributed by atoms with van der Waals surface area (Å²) in [6, 6.07) is 33.9. The average Bonchev–Trinajstić information content (AvgIpc) is 3.52. The maximum Gasteiger partial charge on any atom is 0.251 e. The molecule has 45 heavy (non-hydrogen) atoms. The standard InChI is InChI=1S/C36H35ClN2O5S/c1-36(2,3)30-15-11-26(12-16-30)32(21-24-7-9-27(10-8-24)35(40)38-19-20-43-45(41)42)33-23-34(44-39-33)29-6-4-5-28(22-29)25-13-17-31(37)18-14-25/h4-18,22-23,32H,19-21H2,1-3H3,(H,38,40)(H,41,42)/p-1. The van der Waals surface area contributed by atoms with Gasteiger partial charge in [0.05, 0.1) is 23.7 Å². The molecule has 0 spiro atoms. The zero-order chi connectivity index (χ0) is 32.0. The molecule has 0 aliphatic rings. The number of carbonyl (C=O) groups excluding carboxylic acids is 1. The fourth-order valence-corrected chi connectivity index (χ4v) is 5.44. The molecule has 7 nitrogen and oxygen atoms in total. The van der Waals surface area contributed by atoms with Gasteiger partial charge < -0.3 is 14.4 Å². The molecule has 0 saturated carbocycles. The van der Waals surface area contributed by atoms with Crippen molar-refractivity contribution in [3.05, 3.63) is 136 Å². The number of aromatic nitrogens is 1. The first kappa shape index (κ1) is 32.3. The highest BCUT2D eigenvalue weighted by Gasteiger charge is 2.22. The number of amides is 1. The predicted molar refractivity (Wildman–Crippen MR) is 177 cm³/mol. The van der Waals surface area contributed by atoms with Crippen molar-refractivity contribution in [2.75, 3.05) is 13.2 Å². The molecule has 5 rings (SSSR count). The number of nitrogens with zero attached hydrogens (tertiary/aromatic N) is 1. The van der Waals surface area contributed by atoms with Crippen molar-refractivity contribution in [2.24, 2.45) is 0 Å². The molecule has 0 aliphatic carbocycles. The van der Waals surface area contributed by atoms with Crippen LogP contribution in [-0.4, -0.2) is 33.0 Å². The molecule has 1 aromatic heterocycles. The Balaban J connectivity index is 1.40. The molecule has 232 valence electrons. The van der Waals surface area contributed by atoms with Crippen LogP contribution in [0.4, 0.5) is 0 Å². The molecule has 1 N–H and O–H groups in total. The van der Waals surface area contributed by atoms with Crippen molar-refractivity contribution >= 4 is 28.9 Å². The number of carbonyl (C=O) groups is 1. The quantitative estimate of drug-likeness (QED) is 0.116. The van der Waals surface area contributed by atoms with E-state index in [9.17, 15) is 13.6 Å². The maximum absolute atomic E-state index is 12.5. The molecule has 5 aromatic rings. The van der Waals surface area contributed by atoms with E-state index < -0.39 is 11.4 Å². The van der Waals surface area contributed by atoms with Crippen LogP contribution in [0.3, 0.4) is 0 Å². The lowest BCUT2D eigenvalue weighted by Crippen LogP contribution is -2.27. The zero-order valence-electron chi connectivity index (χ0n) is 25.3. The molecule has 2 atom stereocenters. The first-order valence-corrected chi connectivity index (χ1v) is 16.0. The summed E-state index contributed by atoms with van der Waals surface area (Å²) in [5.74, 6) is 0.271. The molecular weight excluding hydrogens is 608 g/mol. The molecule has 0 fully saturated rings. The van der Waals surface area contributed by atoms with Gasteiger partial charge in [-0.1, -0.05) is 104 Å². The first-order valence-electron chi connectivity index (χ1n) is 14.6. The van der Waals surface area contributed by atoms with Crippen LogP contribution in [0.5, 0.6) is 0 Å². The van der Waals surface area contributed by atoms with E-state index in [1.54, 1.807) is 12.1 Å². The van der Waals surface area contributed by atoms with Crippen molar-refractivity contribution in [1.82, 2.24) is 10.5 Å². The molecule has 2 unspecified atom stereocenters. The Morgan fingerprint density at radius 1 is 0.933 bits per heavy atom. The fraction of sp³-hybridized carbons (Fsp3) is 0.222. The van der Waals surface area contributed by atoms with Gasteiger partial charge in [0.1, 0.15) is 0 Å². The first-order chi connectivity index (χ1) is 21.6. The summed E-state index contributed by atoms with van der Waals surface area (Å²) >= 11 is 3.48. The Labute approximate surface area is 271 Å². The Bertz CT molecular complexity index is 1760. The van der Waals surface area contributed by atoms with Gasteiger partial charge in [0.15, 0.2) is 5.76 Å². The van der Waals surface area contributed by atoms with E-state index in [1.165, 1.54) is 5.56 Å². The number of rotatable bonds is 11. The molecule has 9 heteroatoms. The van der Waals surface area contributed by atoms with Crippen LogP contribution in [-0.2, 0) is 27.4 Å². The van der Waals surface area contributed by atoms with Crippen LogP contribution < -0.4 is 5.32 Å². The van der Waals surface area contributed by atoms with Crippen molar-refractivity contribution in [3.63, 3.8) is 0 Å². The molecule has 0 radical (unpaired) electrons. The van der Waals surface area contributed by atoms with Gasteiger partial charge in [0, 0.05) is 34.7 Å². The van der Waals surface area contributed by atoms with E-state index in [-0.39, 0.29) is 30.4 Å². The van der Waals surface area contributed by atoms with Crippen LogP contribution in [0.1, 0.15) is 59.4 Å². The molecular formula is C36H34ClN2O5S-. The Hall–Kier alpha value is -4.08. The SMILES string of the molecule is CC(C)(C)c1ccc(C(Cc2ccc(C(=O)NCCOS(=O)[O-])cc2)c2cc(-c3cccc(-c4ccc(Cl)cc4)c3)on2)cc1. The summed E-state index contributed by atoms with van der Waals surface area (Å²) in [5.41, 5.74) is 7.71. The van der Waals surface area contributed by atoms with Crippen LogP contribution in [0.2, 0.25) is 5.02 Å². The highest BCUT2D eigenvalue weighted by atomic mass is 35.5. The van der Waals surface area contributed by atoms with Crippen LogP contribution in [0.25, 0.3) is 22.5 Å². The van der Waals surface area contributed by atoms with Crippen molar-refractivity contribution in [1.29, 1.82) is 0 Å². The normalized spacial score (nSPS) is 12.9. The molecule has 0 saturated heterocycles. The molecule has 1 amide bonds. The van der Waals surface area contributed by atoms with Crippen LogP contribution >= 0.6 is 11.6 Å². The summed E-state index contributed by atoms with van der Waals surface area (Å²) in [6.45, 7) is 6.53. The topological polar surface area (TPSA) is 104 Å². The van der Waals surface area contributed by atoms with E-state index in [0.717, 1.165) is 33.5 Å². The number of halogens is 1. The van der Waals surface area contributed by atoms with Crippen LogP contribution in [0, 0.1) is 0 Å². The van der Waals surface area contributed by atoms with E-state index in [0.29, 0.717) is 22.8 Å². The van der Waals surface area contributed by atoms with Crippen molar-refractivity contribution in [3.8, 4) is 22.5 Å². The van der Waals surface area contributed by atoms with Gasteiger partial charge in [-0.3, -0.25) is 8.98 Å². The second-order valence-electron chi connectivity index (χ2n) is 11.8. The summed E-state index contributed by atoms with van der Waals surface area (Å²) in [4.78, 5) is 12.5. The highest BCUT2D eigenvalue weighted by molar-refractivity contribution is 7.74. The van der Waals surface area contributed by atoms with Gasteiger partial charge in [0.25, 0.3) is 5.91 Å². The summed E-state index contributed by atoms with van der Waals surface area (Å²) < 4.78 is 31.4. The summed E-state index contributed by atoms with van der Waals surface area (Å²) in [7, 11) is 0. The van der Waals surface area contributed by atoms with E-state index >= 15 is 0 Å². The highest BCUT2D eigenvalue weighted by Crippen LogP contribution is 2.34. The smallest absolute Gasteiger partial charge is 0.251 e. The minimum atomic E-state index is -2.61. The van der Waals surface area contributed by atoms with E-state index in [4.69, 9.17) is 16.1 Å². The predicted octanol–water partition coefficient (Wildman–Crippen LogP) is 7.87.